The third-order valence-corrected chi connectivity index (χ3v) is 2.57. The highest BCUT2D eigenvalue weighted by Crippen LogP contribution is 2.23. The van der Waals surface area contributed by atoms with E-state index in [9.17, 15) is 0 Å². The molecule has 1 saturated heterocycles. The zero-order valence-electron chi connectivity index (χ0n) is 4.50. The molecule has 0 aromatic carbocycles. The van der Waals surface area contributed by atoms with Gasteiger partial charge in [-0.2, -0.15) is 0 Å². The predicted molar refractivity (Wildman–Crippen MR) is 35.2 cm³/mol. The molecule has 0 amide bonds. The van der Waals surface area contributed by atoms with Gasteiger partial charge in [-0.1, -0.05) is 0 Å². The number of nitrogens with zero attached hydrogens (tertiary/aromatic N) is 1. The fourth-order valence-electron chi connectivity index (χ4n) is 1.00. The van der Waals surface area contributed by atoms with Crippen LogP contribution in [0.2, 0.25) is 0 Å². The summed E-state index contributed by atoms with van der Waals surface area (Å²) in [5.74, 6) is 1.27. The Morgan fingerprint density at radius 3 is 3.62 bits per heavy atom. The Balaban J connectivity index is 2.13. The smallest absolute Gasteiger partial charge is 0.147 e. The first-order valence-electron chi connectivity index (χ1n) is 2.77. The molecule has 2 rings (SSSR count). The lowest BCUT2D eigenvalue weighted by atomic mass is 10.6. The quantitative estimate of drug-likeness (QED) is 0.508. The maximum Gasteiger partial charge on any atom is 0.147 e. The van der Waals surface area contributed by atoms with E-state index in [4.69, 9.17) is 0 Å². The summed E-state index contributed by atoms with van der Waals surface area (Å²) >= 11 is 1.97. The lowest BCUT2D eigenvalue weighted by molar-refractivity contribution is 0.405. The maximum absolute atomic E-state index is 3.23. The van der Waals surface area contributed by atoms with Crippen LogP contribution in [-0.4, -0.2) is 22.7 Å². The number of nitrogens with one attached hydrogen (secondary N) is 1. The molecule has 3 heteroatoms. The number of rotatable bonds is 0. The molecule has 2 aliphatic heterocycles. The molecule has 2 heterocycles. The molecule has 1 atom stereocenters. The largest absolute Gasteiger partial charge is 0.362 e. The standard InChI is InChI=1S/C5H8N2S/c1-2-7-3-4-8-5(7)6-1/h1-2,5-6H,3-4H2/t5-/m1/s1. The molecule has 2 aliphatic rings. The van der Waals surface area contributed by atoms with Crippen molar-refractivity contribution in [2.24, 2.45) is 0 Å². The minimum atomic E-state index is 0.565. The average molecular weight is 128 g/mol. The highest BCUT2D eigenvalue weighted by atomic mass is 32.2. The molecule has 2 nitrogen and oxygen atoms in total. The van der Waals surface area contributed by atoms with Gasteiger partial charge in [0.2, 0.25) is 0 Å². The minimum Gasteiger partial charge on any atom is -0.362 e. The zero-order chi connectivity index (χ0) is 5.40. The van der Waals surface area contributed by atoms with Crippen LogP contribution < -0.4 is 5.32 Å². The lowest BCUT2D eigenvalue weighted by Crippen LogP contribution is -2.26. The van der Waals surface area contributed by atoms with Crippen molar-refractivity contribution in [2.45, 2.75) is 5.50 Å². The Hall–Kier alpha value is -0.310. The van der Waals surface area contributed by atoms with Gasteiger partial charge in [0, 0.05) is 24.7 Å². The number of thioether (sulfide) groups is 1. The molecule has 0 unspecified atom stereocenters. The van der Waals surface area contributed by atoms with Gasteiger partial charge in [-0.15, -0.1) is 11.8 Å². The van der Waals surface area contributed by atoms with Crippen molar-refractivity contribution >= 4 is 11.8 Å². The van der Waals surface area contributed by atoms with E-state index in [0.29, 0.717) is 5.50 Å². The average Bonchev–Trinajstić information content (AvgIpc) is 2.15. The monoisotopic (exact) mass is 128 g/mol. The second-order valence-electron chi connectivity index (χ2n) is 1.94. The molecular formula is C5H8N2S. The Bertz CT molecular complexity index is 124. The van der Waals surface area contributed by atoms with Gasteiger partial charge >= 0.3 is 0 Å². The SMILES string of the molecule is C1=CN2CCS[C@@H]2N1. The second kappa shape index (κ2) is 1.58. The molecule has 0 saturated carbocycles. The molecule has 0 aromatic rings. The van der Waals surface area contributed by atoms with Crippen LogP contribution in [0.5, 0.6) is 0 Å². The van der Waals surface area contributed by atoms with Crippen molar-refractivity contribution in [3.8, 4) is 0 Å². The molecular weight excluding hydrogens is 120 g/mol. The van der Waals surface area contributed by atoms with Crippen molar-refractivity contribution in [3.63, 3.8) is 0 Å². The van der Waals surface area contributed by atoms with Gasteiger partial charge in [0.1, 0.15) is 5.50 Å². The van der Waals surface area contributed by atoms with Crippen LogP contribution >= 0.6 is 11.8 Å². The number of fused-ring (bicyclic) bond motifs is 1. The minimum absolute atomic E-state index is 0.565. The van der Waals surface area contributed by atoms with Gasteiger partial charge in [-0.25, -0.2) is 0 Å². The highest BCUT2D eigenvalue weighted by molar-refractivity contribution is 8.00. The van der Waals surface area contributed by atoms with Crippen molar-refractivity contribution < 1.29 is 0 Å². The summed E-state index contributed by atoms with van der Waals surface area (Å²) < 4.78 is 0. The van der Waals surface area contributed by atoms with E-state index < -0.39 is 0 Å². The van der Waals surface area contributed by atoms with E-state index in [1.165, 1.54) is 12.3 Å². The van der Waals surface area contributed by atoms with Crippen LogP contribution in [0.3, 0.4) is 0 Å². The van der Waals surface area contributed by atoms with E-state index in [1.54, 1.807) is 0 Å². The summed E-state index contributed by atoms with van der Waals surface area (Å²) in [6, 6.07) is 0. The first-order chi connectivity index (χ1) is 3.97. The third-order valence-electron chi connectivity index (χ3n) is 1.43. The first-order valence-corrected chi connectivity index (χ1v) is 3.82. The van der Waals surface area contributed by atoms with Crippen molar-refractivity contribution in [1.29, 1.82) is 0 Å². The normalized spacial score (nSPS) is 33.0. The molecule has 8 heavy (non-hydrogen) atoms. The fraction of sp³-hybridized carbons (Fsp3) is 0.600. The van der Waals surface area contributed by atoms with Crippen LogP contribution in [0.15, 0.2) is 12.4 Å². The van der Waals surface area contributed by atoms with Gasteiger partial charge in [-0.05, 0) is 0 Å². The topological polar surface area (TPSA) is 15.3 Å². The Kier molecular flexibility index (Phi) is 0.903. The molecule has 1 fully saturated rings. The van der Waals surface area contributed by atoms with Gasteiger partial charge in [0.05, 0.1) is 0 Å². The van der Waals surface area contributed by atoms with Crippen LogP contribution in [0.4, 0.5) is 0 Å². The summed E-state index contributed by atoms with van der Waals surface area (Å²) in [6.07, 6.45) is 4.13. The maximum atomic E-state index is 3.23. The molecule has 0 radical (unpaired) electrons. The Morgan fingerprint density at radius 2 is 2.75 bits per heavy atom. The summed E-state index contributed by atoms with van der Waals surface area (Å²) in [4.78, 5) is 2.31. The first kappa shape index (κ1) is 4.56. The molecule has 44 valence electrons. The summed E-state index contributed by atoms with van der Waals surface area (Å²) in [6.45, 7) is 1.21. The van der Waals surface area contributed by atoms with Crippen LogP contribution in [0, 0.1) is 0 Å². The predicted octanol–water partition coefficient (Wildman–Crippen LogP) is 0.393. The number of hydrogen-bond acceptors (Lipinski definition) is 3. The zero-order valence-corrected chi connectivity index (χ0v) is 5.32. The molecule has 0 aromatic heterocycles. The highest BCUT2D eigenvalue weighted by Gasteiger charge is 2.23. The van der Waals surface area contributed by atoms with Crippen molar-refractivity contribution in [1.82, 2.24) is 10.2 Å². The summed E-state index contributed by atoms with van der Waals surface area (Å²) in [7, 11) is 0. The van der Waals surface area contributed by atoms with Crippen LogP contribution in [0.25, 0.3) is 0 Å². The van der Waals surface area contributed by atoms with Crippen molar-refractivity contribution in [3.05, 3.63) is 12.4 Å². The Labute approximate surface area is 52.9 Å². The summed E-state index contributed by atoms with van der Waals surface area (Å²) in [5, 5.41) is 3.23. The van der Waals surface area contributed by atoms with E-state index in [1.807, 2.05) is 18.0 Å². The second-order valence-corrected chi connectivity index (χ2v) is 3.13. The molecule has 0 spiro atoms. The summed E-state index contributed by atoms with van der Waals surface area (Å²) in [5.41, 5.74) is 0.565. The molecule has 0 aliphatic carbocycles. The van der Waals surface area contributed by atoms with E-state index >= 15 is 0 Å². The van der Waals surface area contributed by atoms with Gasteiger partial charge in [0.25, 0.3) is 0 Å². The Morgan fingerprint density at radius 1 is 1.75 bits per heavy atom. The van der Waals surface area contributed by atoms with E-state index in [2.05, 4.69) is 16.4 Å². The fourth-order valence-corrected chi connectivity index (χ4v) is 2.08. The third kappa shape index (κ3) is 0.508. The molecule has 0 bridgehead atoms. The van der Waals surface area contributed by atoms with Crippen LogP contribution in [-0.2, 0) is 0 Å². The molecule has 1 N–H and O–H groups in total. The van der Waals surface area contributed by atoms with Gasteiger partial charge in [-0.3, -0.25) is 0 Å². The van der Waals surface area contributed by atoms with E-state index in [-0.39, 0.29) is 0 Å². The number of hydrogen-bond donors (Lipinski definition) is 1. The van der Waals surface area contributed by atoms with E-state index in [0.717, 1.165) is 0 Å². The van der Waals surface area contributed by atoms with Crippen molar-refractivity contribution in [2.75, 3.05) is 12.3 Å². The van der Waals surface area contributed by atoms with Crippen LogP contribution in [0.1, 0.15) is 0 Å². The van der Waals surface area contributed by atoms with Gasteiger partial charge < -0.3 is 10.2 Å². The van der Waals surface area contributed by atoms with Gasteiger partial charge in [0.15, 0.2) is 0 Å². The lowest BCUT2D eigenvalue weighted by Gasteiger charge is -2.12.